The number of hydrogen-bond acceptors (Lipinski definition) is 4. The molecule has 0 aromatic carbocycles. The first-order chi connectivity index (χ1) is 8.18. The molecule has 0 spiro atoms. The molecule has 1 rings (SSSR count). The van der Waals surface area contributed by atoms with Gasteiger partial charge in [-0.2, -0.15) is 0 Å². The Morgan fingerprint density at radius 3 is 2.88 bits per heavy atom. The van der Waals surface area contributed by atoms with Crippen molar-refractivity contribution in [3.8, 4) is 0 Å². The number of unbranched alkanes of at least 4 members (excludes halogenated alkanes) is 2. The highest BCUT2D eigenvalue weighted by Gasteiger charge is 2.34. The topological polar surface area (TPSA) is 67.8 Å². The third-order valence-corrected chi connectivity index (χ3v) is 3.19. The molecule has 1 unspecified atom stereocenters. The van der Waals surface area contributed by atoms with Gasteiger partial charge in [0.2, 0.25) is 0 Å². The largest absolute Gasteiger partial charge is 0.481 e. The van der Waals surface area contributed by atoms with Crippen LogP contribution in [0.25, 0.3) is 0 Å². The van der Waals surface area contributed by atoms with Crippen LogP contribution in [-0.4, -0.2) is 50.1 Å². The molecule has 1 heterocycles. The number of ether oxygens (including phenoxy) is 2. The molecule has 1 fully saturated rings. The molecule has 0 aromatic heterocycles. The number of hydrogen-bond donors (Lipinski definition) is 2. The molecule has 0 radical (unpaired) electrons. The summed E-state index contributed by atoms with van der Waals surface area (Å²) in [4.78, 5) is 10.3. The van der Waals surface area contributed by atoms with Crippen LogP contribution in [0.3, 0.4) is 0 Å². The minimum atomic E-state index is -0.709. The van der Waals surface area contributed by atoms with E-state index in [-0.39, 0.29) is 12.0 Å². The van der Waals surface area contributed by atoms with Crippen molar-refractivity contribution in [2.24, 2.45) is 0 Å². The maximum absolute atomic E-state index is 10.3. The van der Waals surface area contributed by atoms with Crippen molar-refractivity contribution in [1.82, 2.24) is 5.32 Å². The van der Waals surface area contributed by atoms with E-state index in [0.717, 1.165) is 45.4 Å². The lowest BCUT2D eigenvalue weighted by atomic mass is 10.0. The lowest BCUT2D eigenvalue weighted by Crippen LogP contribution is -2.43. The Labute approximate surface area is 102 Å². The lowest BCUT2D eigenvalue weighted by molar-refractivity contribution is -0.137. The first-order valence-electron chi connectivity index (χ1n) is 6.24. The molecule has 0 amide bonds. The second-order valence-corrected chi connectivity index (χ2v) is 4.57. The van der Waals surface area contributed by atoms with E-state index in [1.54, 1.807) is 7.11 Å². The van der Waals surface area contributed by atoms with Crippen LogP contribution in [0.5, 0.6) is 0 Å². The summed E-state index contributed by atoms with van der Waals surface area (Å²) in [7, 11) is 1.73. The molecule has 0 aliphatic carbocycles. The molecule has 17 heavy (non-hydrogen) atoms. The Kier molecular flexibility index (Phi) is 6.47. The van der Waals surface area contributed by atoms with Crippen molar-refractivity contribution < 1.29 is 19.4 Å². The highest BCUT2D eigenvalue weighted by Crippen LogP contribution is 2.21. The van der Waals surface area contributed by atoms with Crippen molar-refractivity contribution in [2.75, 3.05) is 33.4 Å². The third-order valence-electron chi connectivity index (χ3n) is 3.19. The Hall–Kier alpha value is -0.650. The Morgan fingerprint density at radius 2 is 2.29 bits per heavy atom. The van der Waals surface area contributed by atoms with Crippen LogP contribution in [-0.2, 0) is 14.3 Å². The van der Waals surface area contributed by atoms with Crippen LogP contribution >= 0.6 is 0 Å². The molecule has 1 saturated heterocycles. The minimum absolute atomic E-state index is 0.152. The van der Waals surface area contributed by atoms with Crippen molar-refractivity contribution in [3.63, 3.8) is 0 Å². The second-order valence-electron chi connectivity index (χ2n) is 4.57. The molecular weight excluding hydrogens is 222 g/mol. The molecule has 0 bridgehead atoms. The lowest BCUT2D eigenvalue weighted by Gasteiger charge is -2.26. The molecule has 0 aromatic rings. The van der Waals surface area contributed by atoms with Crippen LogP contribution in [0.1, 0.15) is 32.1 Å². The number of methoxy groups -OCH3 is 1. The monoisotopic (exact) mass is 245 g/mol. The average Bonchev–Trinajstić information content (AvgIpc) is 2.77. The van der Waals surface area contributed by atoms with E-state index in [1.165, 1.54) is 0 Å². The van der Waals surface area contributed by atoms with Crippen LogP contribution in [0.2, 0.25) is 0 Å². The molecule has 1 atom stereocenters. The fourth-order valence-corrected chi connectivity index (χ4v) is 1.98. The fraction of sp³-hybridized carbons (Fsp3) is 0.917. The predicted octanol–water partition coefficient (Wildman–Crippen LogP) is 1.03. The van der Waals surface area contributed by atoms with Crippen LogP contribution in [0, 0.1) is 0 Å². The van der Waals surface area contributed by atoms with Crippen molar-refractivity contribution in [3.05, 3.63) is 0 Å². The number of carbonyl (C=O) groups is 1. The summed E-state index contributed by atoms with van der Waals surface area (Å²) >= 11 is 0. The zero-order chi connectivity index (χ0) is 12.6. The highest BCUT2D eigenvalue weighted by molar-refractivity contribution is 5.66. The van der Waals surface area contributed by atoms with E-state index in [1.807, 2.05) is 0 Å². The first kappa shape index (κ1) is 14.4. The second kappa shape index (κ2) is 7.63. The van der Waals surface area contributed by atoms with Gasteiger partial charge in [0.1, 0.15) is 5.60 Å². The zero-order valence-electron chi connectivity index (χ0n) is 10.5. The molecule has 2 N–H and O–H groups in total. The molecular formula is C12H23NO4. The van der Waals surface area contributed by atoms with Gasteiger partial charge < -0.3 is 19.9 Å². The smallest absolute Gasteiger partial charge is 0.303 e. The number of carboxylic acid groups (broad SMARTS) is 1. The van der Waals surface area contributed by atoms with E-state index >= 15 is 0 Å². The Morgan fingerprint density at radius 1 is 1.47 bits per heavy atom. The maximum Gasteiger partial charge on any atom is 0.303 e. The van der Waals surface area contributed by atoms with Gasteiger partial charge in [-0.25, -0.2) is 0 Å². The van der Waals surface area contributed by atoms with Crippen molar-refractivity contribution in [1.29, 1.82) is 0 Å². The minimum Gasteiger partial charge on any atom is -0.481 e. The Bertz CT molecular complexity index is 227. The van der Waals surface area contributed by atoms with Crippen molar-refractivity contribution in [2.45, 2.75) is 37.7 Å². The van der Waals surface area contributed by atoms with Crippen LogP contribution < -0.4 is 5.32 Å². The van der Waals surface area contributed by atoms with Gasteiger partial charge in [-0.05, 0) is 19.4 Å². The quantitative estimate of drug-likeness (QED) is 0.594. The summed E-state index contributed by atoms with van der Waals surface area (Å²) in [6.45, 7) is 3.15. The van der Waals surface area contributed by atoms with Crippen molar-refractivity contribution >= 4 is 5.97 Å². The highest BCUT2D eigenvalue weighted by atomic mass is 16.5. The molecule has 1 aliphatic heterocycles. The molecule has 0 saturated carbocycles. The van der Waals surface area contributed by atoms with Gasteiger partial charge in [0.25, 0.3) is 0 Å². The summed E-state index contributed by atoms with van der Waals surface area (Å²) in [5.41, 5.74) is -0.152. The fourth-order valence-electron chi connectivity index (χ4n) is 1.98. The summed E-state index contributed by atoms with van der Waals surface area (Å²) in [5, 5.41) is 11.8. The third kappa shape index (κ3) is 5.48. The number of rotatable bonds is 9. The van der Waals surface area contributed by atoms with Gasteiger partial charge >= 0.3 is 5.97 Å². The van der Waals surface area contributed by atoms with Gasteiger partial charge in [0, 0.05) is 33.1 Å². The summed E-state index contributed by atoms with van der Waals surface area (Å²) in [6, 6.07) is 0. The summed E-state index contributed by atoms with van der Waals surface area (Å²) < 4.78 is 10.8. The normalized spacial score (nSPS) is 24.1. The van der Waals surface area contributed by atoms with Gasteiger partial charge in [-0.15, -0.1) is 0 Å². The molecule has 100 valence electrons. The maximum atomic E-state index is 10.3. The van der Waals surface area contributed by atoms with Gasteiger partial charge in [-0.1, -0.05) is 6.42 Å². The predicted molar refractivity (Wildman–Crippen MR) is 64.1 cm³/mol. The first-order valence-corrected chi connectivity index (χ1v) is 6.24. The summed E-state index contributed by atoms with van der Waals surface area (Å²) in [6.07, 6.45) is 3.94. The molecule has 5 nitrogen and oxygen atoms in total. The Balaban J connectivity index is 1.98. The zero-order valence-corrected chi connectivity index (χ0v) is 10.5. The van der Waals surface area contributed by atoms with E-state index in [0.29, 0.717) is 6.61 Å². The van der Waals surface area contributed by atoms with Gasteiger partial charge in [-0.3, -0.25) is 4.79 Å². The van der Waals surface area contributed by atoms with Gasteiger partial charge in [0.15, 0.2) is 0 Å². The molecule has 5 heteroatoms. The molecule has 1 aliphatic rings. The van der Waals surface area contributed by atoms with Crippen LogP contribution in [0.4, 0.5) is 0 Å². The average molecular weight is 245 g/mol. The standard InChI is InChI=1S/C12H23NO4/c1-16-12(6-8-17-10-12)9-13-7-4-2-3-5-11(14)15/h13H,2-10H2,1H3,(H,14,15). The van der Waals surface area contributed by atoms with E-state index in [4.69, 9.17) is 14.6 Å². The number of carboxylic acids is 1. The number of nitrogens with one attached hydrogen (secondary N) is 1. The van der Waals surface area contributed by atoms with Gasteiger partial charge in [0.05, 0.1) is 6.61 Å². The van der Waals surface area contributed by atoms with E-state index in [9.17, 15) is 4.79 Å². The SMILES string of the molecule is COC1(CNCCCCCC(=O)O)CCOC1. The van der Waals surface area contributed by atoms with E-state index in [2.05, 4.69) is 5.32 Å². The van der Waals surface area contributed by atoms with E-state index < -0.39 is 5.97 Å². The number of aliphatic carboxylic acids is 1. The van der Waals surface area contributed by atoms with Crippen LogP contribution in [0.15, 0.2) is 0 Å². The summed E-state index contributed by atoms with van der Waals surface area (Å²) in [5.74, 6) is -0.709.